The molecule has 1 aromatic carbocycles. The van der Waals surface area contributed by atoms with Gasteiger partial charge in [0.15, 0.2) is 5.82 Å². The molecule has 0 aliphatic heterocycles. The smallest absolute Gasteiger partial charge is 0.153 e. The maximum absolute atomic E-state index is 6.04. The summed E-state index contributed by atoms with van der Waals surface area (Å²) in [6.45, 7) is 2.09. The van der Waals surface area contributed by atoms with Crippen molar-refractivity contribution in [2.45, 2.75) is 6.92 Å². The fraction of sp³-hybridized carbons (Fsp3) is 0.0714. The SMILES string of the molecule is Cc1ccsc1-c1[nH]nc(N)c1-c1ccccc1Br. The number of nitrogens with two attached hydrogens (primary N) is 1. The first-order chi connectivity index (χ1) is 9.18. The Hall–Kier alpha value is -1.59. The molecule has 3 N–H and O–H groups in total. The summed E-state index contributed by atoms with van der Waals surface area (Å²) in [6, 6.07) is 10.1. The number of nitrogens with zero attached hydrogens (tertiary/aromatic N) is 1. The van der Waals surface area contributed by atoms with E-state index in [9.17, 15) is 0 Å². The quantitative estimate of drug-likeness (QED) is 0.727. The fourth-order valence-electron chi connectivity index (χ4n) is 2.09. The zero-order valence-corrected chi connectivity index (χ0v) is 12.7. The molecule has 5 heteroatoms. The number of nitrogens with one attached hydrogen (secondary N) is 1. The van der Waals surface area contributed by atoms with Gasteiger partial charge in [-0.2, -0.15) is 5.10 Å². The predicted octanol–water partition coefficient (Wildman–Crippen LogP) is 4.46. The van der Waals surface area contributed by atoms with Gasteiger partial charge in [-0.05, 0) is 30.0 Å². The average Bonchev–Trinajstić information content (AvgIpc) is 2.96. The van der Waals surface area contributed by atoms with E-state index in [-0.39, 0.29) is 0 Å². The van der Waals surface area contributed by atoms with Crippen molar-refractivity contribution in [3.8, 4) is 21.7 Å². The molecule has 0 amide bonds. The molecule has 0 radical (unpaired) electrons. The first kappa shape index (κ1) is 12.4. The third kappa shape index (κ3) is 2.09. The van der Waals surface area contributed by atoms with E-state index < -0.39 is 0 Å². The minimum absolute atomic E-state index is 0.523. The van der Waals surface area contributed by atoms with E-state index in [1.165, 1.54) is 10.4 Å². The van der Waals surface area contributed by atoms with Gasteiger partial charge >= 0.3 is 0 Å². The third-order valence-corrected chi connectivity index (χ3v) is 4.75. The van der Waals surface area contributed by atoms with Crippen molar-refractivity contribution in [3.63, 3.8) is 0 Å². The van der Waals surface area contributed by atoms with Crippen molar-refractivity contribution >= 4 is 33.1 Å². The molecule has 3 nitrogen and oxygen atoms in total. The lowest BCUT2D eigenvalue weighted by Gasteiger charge is -2.06. The van der Waals surface area contributed by atoms with Crippen LogP contribution in [-0.4, -0.2) is 10.2 Å². The lowest BCUT2D eigenvalue weighted by molar-refractivity contribution is 1.10. The number of aryl methyl sites for hydroxylation is 1. The third-order valence-electron chi connectivity index (χ3n) is 3.03. The number of anilines is 1. The number of aromatic amines is 1. The number of hydrogen-bond donors (Lipinski definition) is 2. The summed E-state index contributed by atoms with van der Waals surface area (Å²) >= 11 is 5.26. The Morgan fingerprint density at radius 2 is 2.05 bits per heavy atom. The maximum Gasteiger partial charge on any atom is 0.153 e. The standard InChI is InChI=1S/C14H12BrN3S/c1-8-6-7-19-13(8)12-11(14(16)18-17-12)9-4-2-3-5-10(9)15/h2-7H,1H3,(H3,16,17,18). The summed E-state index contributed by atoms with van der Waals surface area (Å²) in [5.41, 5.74) is 10.3. The van der Waals surface area contributed by atoms with Gasteiger partial charge in [-0.25, -0.2) is 0 Å². The minimum Gasteiger partial charge on any atom is -0.382 e. The van der Waals surface area contributed by atoms with Gasteiger partial charge in [-0.1, -0.05) is 34.1 Å². The van der Waals surface area contributed by atoms with Crippen molar-refractivity contribution in [2.24, 2.45) is 0 Å². The van der Waals surface area contributed by atoms with Crippen LogP contribution in [0.15, 0.2) is 40.2 Å². The van der Waals surface area contributed by atoms with Crippen molar-refractivity contribution in [1.82, 2.24) is 10.2 Å². The summed E-state index contributed by atoms with van der Waals surface area (Å²) in [6.07, 6.45) is 0. The molecule has 0 aliphatic rings. The number of H-pyrrole nitrogens is 1. The van der Waals surface area contributed by atoms with Crippen LogP contribution in [0.3, 0.4) is 0 Å². The molecular formula is C14H12BrN3S. The number of nitrogen functional groups attached to an aromatic ring is 1. The highest BCUT2D eigenvalue weighted by Crippen LogP contribution is 2.40. The van der Waals surface area contributed by atoms with Gasteiger partial charge in [-0.15, -0.1) is 11.3 Å². The summed E-state index contributed by atoms with van der Waals surface area (Å²) in [5, 5.41) is 9.30. The van der Waals surface area contributed by atoms with Gasteiger partial charge in [0.1, 0.15) is 0 Å². The number of benzene rings is 1. The molecular weight excluding hydrogens is 322 g/mol. The van der Waals surface area contributed by atoms with Crippen molar-refractivity contribution in [2.75, 3.05) is 5.73 Å². The van der Waals surface area contributed by atoms with Gasteiger partial charge in [-0.3, -0.25) is 5.10 Å². The first-order valence-corrected chi connectivity index (χ1v) is 7.49. The summed E-state index contributed by atoms with van der Waals surface area (Å²) in [7, 11) is 0. The van der Waals surface area contributed by atoms with Crippen molar-refractivity contribution in [1.29, 1.82) is 0 Å². The molecule has 0 bridgehead atoms. The van der Waals surface area contributed by atoms with E-state index in [2.05, 4.69) is 44.5 Å². The minimum atomic E-state index is 0.523. The lowest BCUT2D eigenvalue weighted by atomic mass is 10.0. The number of thiophene rings is 1. The van der Waals surface area contributed by atoms with Crippen LogP contribution in [0.4, 0.5) is 5.82 Å². The molecule has 2 aromatic heterocycles. The Labute approximate surface area is 123 Å². The Balaban J connectivity index is 2.26. The van der Waals surface area contributed by atoms with Crippen LogP contribution in [0.2, 0.25) is 0 Å². The molecule has 96 valence electrons. The molecule has 0 aliphatic carbocycles. The molecule has 0 fully saturated rings. The highest BCUT2D eigenvalue weighted by atomic mass is 79.9. The van der Waals surface area contributed by atoms with Crippen molar-refractivity contribution in [3.05, 3.63) is 45.7 Å². The average molecular weight is 334 g/mol. The fourth-order valence-corrected chi connectivity index (χ4v) is 3.50. The van der Waals surface area contributed by atoms with Crippen LogP contribution in [0.25, 0.3) is 21.7 Å². The summed E-state index contributed by atoms with van der Waals surface area (Å²) < 4.78 is 1.01. The van der Waals surface area contributed by atoms with E-state index in [0.29, 0.717) is 5.82 Å². The molecule has 0 atom stereocenters. The van der Waals surface area contributed by atoms with Gasteiger partial charge in [0.05, 0.1) is 16.1 Å². The van der Waals surface area contributed by atoms with Crippen LogP contribution >= 0.6 is 27.3 Å². The monoisotopic (exact) mass is 333 g/mol. The molecule has 0 saturated heterocycles. The van der Waals surface area contributed by atoms with Crippen LogP contribution in [0.5, 0.6) is 0 Å². The van der Waals surface area contributed by atoms with Crippen LogP contribution in [0.1, 0.15) is 5.56 Å². The van der Waals surface area contributed by atoms with Crippen LogP contribution < -0.4 is 5.73 Å². The number of halogens is 1. The molecule has 19 heavy (non-hydrogen) atoms. The van der Waals surface area contributed by atoms with Crippen LogP contribution in [-0.2, 0) is 0 Å². The molecule has 0 unspecified atom stereocenters. The summed E-state index contributed by atoms with van der Waals surface area (Å²) in [5.74, 6) is 0.523. The summed E-state index contributed by atoms with van der Waals surface area (Å²) in [4.78, 5) is 1.18. The first-order valence-electron chi connectivity index (χ1n) is 5.81. The van der Waals surface area contributed by atoms with Gasteiger partial charge in [0.2, 0.25) is 0 Å². The lowest BCUT2D eigenvalue weighted by Crippen LogP contribution is -1.89. The van der Waals surface area contributed by atoms with E-state index in [4.69, 9.17) is 5.73 Å². The molecule has 0 saturated carbocycles. The van der Waals surface area contributed by atoms with E-state index >= 15 is 0 Å². The Bertz CT molecular complexity index is 730. The maximum atomic E-state index is 6.04. The molecule has 2 heterocycles. The van der Waals surface area contributed by atoms with E-state index in [1.54, 1.807) is 11.3 Å². The molecule has 3 rings (SSSR count). The second kappa shape index (κ2) is 4.83. The van der Waals surface area contributed by atoms with E-state index in [1.807, 2.05) is 24.3 Å². The molecule has 3 aromatic rings. The highest BCUT2D eigenvalue weighted by Gasteiger charge is 2.18. The zero-order chi connectivity index (χ0) is 13.4. The second-order valence-corrected chi connectivity index (χ2v) is 6.04. The number of rotatable bonds is 2. The topological polar surface area (TPSA) is 54.7 Å². The highest BCUT2D eigenvalue weighted by molar-refractivity contribution is 9.10. The number of hydrogen-bond acceptors (Lipinski definition) is 3. The van der Waals surface area contributed by atoms with E-state index in [0.717, 1.165) is 21.3 Å². The zero-order valence-electron chi connectivity index (χ0n) is 10.3. The normalized spacial score (nSPS) is 10.8. The second-order valence-electron chi connectivity index (χ2n) is 4.27. The Morgan fingerprint density at radius 3 is 2.74 bits per heavy atom. The van der Waals surface area contributed by atoms with Gasteiger partial charge < -0.3 is 5.73 Å². The largest absolute Gasteiger partial charge is 0.382 e. The molecule has 0 spiro atoms. The van der Waals surface area contributed by atoms with Gasteiger partial charge in [0.25, 0.3) is 0 Å². The predicted molar refractivity (Wildman–Crippen MR) is 84.2 cm³/mol. The Morgan fingerprint density at radius 1 is 1.26 bits per heavy atom. The van der Waals surface area contributed by atoms with Crippen molar-refractivity contribution < 1.29 is 0 Å². The van der Waals surface area contributed by atoms with Gasteiger partial charge in [0, 0.05) is 10.0 Å². The van der Waals surface area contributed by atoms with Crippen LogP contribution in [0, 0.1) is 6.92 Å². The Kier molecular flexibility index (Phi) is 3.16. The number of aromatic nitrogens is 2.